The fourth-order valence-electron chi connectivity index (χ4n) is 2.60. The van der Waals surface area contributed by atoms with Gasteiger partial charge in [0, 0.05) is 13.1 Å². The third-order valence-electron chi connectivity index (χ3n) is 3.99. The molecule has 0 spiro atoms. The first kappa shape index (κ1) is 17.1. The van der Waals surface area contributed by atoms with E-state index >= 15 is 0 Å². The number of hydrogen-bond donors (Lipinski definition) is 1. The van der Waals surface area contributed by atoms with Gasteiger partial charge in [-0.3, -0.25) is 0 Å². The monoisotopic (exact) mass is 315 g/mol. The van der Waals surface area contributed by atoms with Crippen LogP contribution in [-0.4, -0.2) is 32.8 Å². The first-order valence-electron chi connectivity index (χ1n) is 8.36. The van der Waals surface area contributed by atoms with Crippen LogP contribution in [0, 0.1) is 18.3 Å². The summed E-state index contributed by atoms with van der Waals surface area (Å²) in [4.78, 5) is 6.72. The van der Waals surface area contributed by atoms with Crippen LogP contribution in [0.2, 0.25) is 0 Å². The lowest BCUT2D eigenvalue weighted by Crippen LogP contribution is -2.26. The maximum atomic E-state index is 10.2. The minimum Gasteiger partial charge on any atom is -0.492 e. The second-order valence-corrected chi connectivity index (χ2v) is 5.87. The summed E-state index contributed by atoms with van der Waals surface area (Å²) in [5.41, 5.74) is 1.54. The van der Waals surface area contributed by atoms with Gasteiger partial charge in [0.1, 0.15) is 11.6 Å². The van der Waals surface area contributed by atoms with Crippen LogP contribution in [-0.2, 0) is 0 Å². The summed E-state index contributed by atoms with van der Waals surface area (Å²) in [6.45, 7) is 7.96. The third kappa shape index (κ3) is 3.73. The first-order valence-corrected chi connectivity index (χ1v) is 8.36. The summed E-state index contributed by atoms with van der Waals surface area (Å²) in [5, 5.41) is 23.8. The van der Waals surface area contributed by atoms with E-state index in [0.29, 0.717) is 17.2 Å². The lowest BCUT2D eigenvalue weighted by molar-refractivity contribution is 0.434. The Labute approximate surface area is 137 Å². The Morgan fingerprint density at radius 1 is 1.22 bits per heavy atom. The van der Waals surface area contributed by atoms with Crippen molar-refractivity contribution >= 4 is 11.6 Å². The van der Waals surface area contributed by atoms with Crippen molar-refractivity contribution in [3.05, 3.63) is 17.2 Å². The van der Waals surface area contributed by atoms with Crippen molar-refractivity contribution in [2.45, 2.75) is 52.9 Å². The Balaban J connectivity index is 2.35. The predicted molar refractivity (Wildman–Crippen MR) is 90.7 cm³/mol. The molecule has 1 N–H and O–H groups in total. The number of aromatic hydroxyl groups is 1. The van der Waals surface area contributed by atoms with E-state index in [-0.39, 0.29) is 11.4 Å². The Kier molecular flexibility index (Phi) is 5.80. The first-order chi connectivity index (χ1) is 11.1. The van der Waals surface area contributed by atoms with Crippen molar-refractivity contribution in [3.8, 4) is 11.9 Å². The number of aromatic nitrogens is 3. The molecule has 124 valence electrons. The van der Waals surface area contributed by atoms with Gasteiger partial charge in [0.25, 0.3) is 0 Å². The van der Waals surface area contributed by atoms with Gasteiger partial charge in [0.15, 0.2) is 5.65 Å². The van der Waals surface area contributed by atoms with E-state index in [4.69, 9.17) is 5.26 Å². The minimum atomic E-state index is -0.134. The van der Waals surface area contributed by atoms with Crippen LogP contribution >= 0.6 is 0 Å². The second-order valence-electron chi connectivity index (χ2n) is 5.87. The van der Waals surface area contributed by atoms with E-state index in [1.54, 1.807) is 13.0 Å². The minimum absolute atomic E-state index is 0.134. The van der Waals surface area contributed by atoms with Gasteiger partial charge < -0.3 is 10.0 Å². The number of pyridine rings is 1. The smallest absolute Gasteiger partial charge is 0.245 e. The fourth-order valence-corrected chi connectivity index (χ4v) is 2.60. The van der Waals surface area contributed by atoms with E-state index in [2.05, 4.69) is 28.8 Å². The molecule has 0 aliphatic heterocycles. The van der Waals surface area contributed by atoms with Crippen molar-refractivity contribution in [2.75, 3.05) is 18.0 Å². The molecule has 0 aliphatic carbocycles. The molecule has 6 nitrogen and oxygen atoms in total. The highest BCUT2D eigenvalue weighted by Crippen LogP contribution is 2.24. The van der Waals surface area contributed by atoms with E-state index in [1.165, 1.54) is 17.4 Å². The molecule has 0 saturated carbocycles. The highest BCUT2D eigenvalue weighted by Gasteiger charge is 2.17. The highest BCUT2D eigenvalue weighted by atomic mass is 16.3. The number of rotatable bonds is 8. The van der Waals surface area contributed by atoms with Crippen molar-refractivity contribution in [3.63, 3.8) is 0 Å². The van der Waals surface area contributed by atoms with E-state index in [0.717, 1.165) is 32.4 Å². The molecule has 2 aromatic rings. The average Bonchev–Trinajstić information content (AvgIpc) is 2.95. The predicted octanol–water partition coefficient (Wildman–Crippen LogP) is 3.41. The highest BCUT2D eigenvalue weighted by molar-refractivity contribution is 5.56. The lowest BCUT2D eigenvalue weighted by Gasteiger charge is -2.20. The van der Waals surface area contributed by atoms with Gasteiger partial charge in [0.05, 0.1) is 0 Å². The number of nitriles is 1. The van der Waals surface area contributed by atoms with Gasteiger partial charge in [-0.25, -0.2) is 0 Å². The fraction of sp³-hybridized carbons (Fsp3) is 0.588. The molecule has 23 heavy (non-hydrogen) atoms. The summed E-state index contributed by atoms with van der Waals surface area (Å²) in [5.74, 6) is 0.490. The SMILES string of the molecule is CCCCCN(CCCC)c1nc2cc(C)c(C#N)c(O)n2n1. The molecule has 2 aromatic heterocycles. The third-order valence-corrected chi connectivity index (χ3v) is 3.99. The van der Waals surface area contributed by atoms with E-state index in [1.807, 2.05) is 6.07 Å². The molecule has 0 saturated heterocycles. The normalized spacial score (nSPS) is 10.9. The van der Waals surface area contributed by atoms with Crippen molar-refractivity contribution in [1.29, 1.82) is 5.26 Å². The Bertz CT molecular complexity index is 701. The molecule has 0 radical (unpaired) electrons. The number of aryl methyl sites for hydroxylation is 1. The Morgan fingerprint density at radius 3 is 2.57 bits per heavy atom. The van der Waals surface area contributed by atoms with E-state index < -0.39 is 0 Å². The second kappa shape index (κ2) is 7.82. The number of anilines is 1. The van der Waals surface area contributed by atoms with Crippen LogP contribution in [0.5, 0.6) is 5.88 Å². The number of fused-ring (bicyclic) bond motifs is 1. The molecule has 0 aromatic carbocycles. The maximum absolute atomic E-state index is 10.2. The molecule has 0 fully saturated rings. The number of unbranched alkanes of at least 4 members (excludes halogenated alkanes) is 3. The van der Waals surface area contributed by atoms with Crippen LogP contribution in [0.4, 0.5) is 5.95 Å². The summed E-state index contributed by atoms with van der Waals surface area (Å²) >= 11 is 0. The quantitative estimate of drug-likeness (QED) is 0.755. The molecule has 0 aliphatic rings. The topological polar surface area (TPSA) is 77.5 Å². The molecular formula is C17H25N5O. The van der Waals surface area contributed by atoms with Gasteiger partial charge in [-0.1, -0.05) is 33.1 Å². The van der Waals surface area contributed by atoms with Gasteiger partial charge in [-0.15, -0.1) is 5.10 Å². The zero-order valence-corrected chi connectivity index (χ0v) is 14.2. The summed E-state index contributed by atoms with van der Waals surface area (Å²) in [6, 6.07) is 3.81. The van der Waals surface area contributed by atoms with Crippen LogP contribution < -0.4 is 4.90 Å². The molecule has 0 amide bonds. The Hall–Kier alpha value is -2.29. The van der Waals surface area contributed by atoms with Crippen molar-refractivity contribution in [1.82, 2.24) is 14.6 Å². The van der Waals surface area contributed by atoms with Crippen LogP contribution in [0.15, 0.2) is 6.07 Å². The molecule has 6 heteroatoms. The molecule has 0 bridgehead atoms. The van der Waals surface area contributed by atoms with Crippen molar-refractivity contribution in [2.24, 2.45) is 0 Å². The van der Waals surface area contributed by atoms with Crippen LogP contribution in [0.25, 0.3) is 5.65 Å². The summed E-state index contributed by atoms with van der Waals surface area (Å²) < 4.78 is 1.36. The average molecular weight is 315 g/mol. The molecular weight excluding hydrogens is 290 g/mol. The van der Waals surface area contributed by atoms with Gasteiger partial charge >= 0.3 is 0 Å². The van der Waals surface area contributed by atoms with Gasteiger partial charge in [-0.2, -0.15) is 14.8 Å². The lowest BCUT2D eigenvalue weighted by atomic mass is 10.2. The summed E-state index contributed by atoms with van der Waals surface area (Å²) in [6.07, 6.45) is 5.64. The standard InChI is InChI=1S/C17H25N5O/c1-4-6-8-10-21(9-7-5-2)17-19-15-11-13(3)14(12-18)16(23)22(15)20-17/h11,23H,4-10H2,1-3H3. The molecule has 2 heterocycles. The maximum Gasteiger partial charge on any atom is 0.245 e. The number of hydrogen-bond acceptors (Lipinski definition) is 5. The van der Waals surface area contributed by atoms with Crippen LogP contribution in [0.1, 0.15) is 57.1 Å². The largest absolute Gasteiger partial charge is 0.492 e. The molecule has 0 atom stereocenters. The molecule has 0 unspecified atom stereocenters. The van der Waals surface area contributed by atoms with Gasteiger partial charge in [0.2, 0.25) is 11.8 Å². The number of nitrogens with zero attached hydrogens (tertiary/aromatic N) is 5. The van der Waals surface area contributed by atoms with Crippen LogP contribution in [0.3, 0.4) is 0 Å². The van der Waals surface area contributed by atoms with E-state index in [9.17, 15) is 5.11 Å². The zero-order valence-electron chi connectivity index (χ0n) is 14.2. The molecule has 2 rings (SSSR count). The summed E-state index contributed by atoms with van der Waals surface area (Å²) in [7, 11) is 0. The van der Waals surface area contributed by atoms with Gasteiger partial charge in [-0.05, 0) is 31.4 Å². The zero-order chi connectivity index (χ0) is 16.8. The van der Waals surface area contributed by atoms with Crippen molar-refractivity contribution < 1.29 is 5.11 Å². The Morgan fingerprint density at radius 2 is 1.91 bits per heavy atom.